The third kappa shape index (κ3) is 2.74. The minimum Gasteiger partial charge on any atom is -0.369 e. The minimum absolute atomic E-state index is 0.0289. The molecule has 5 nitrogen and oxygen atoms in total. The van der Waals surface area contributed by atoms with E-state index in [1.807, 2.05) is 0 Å². The summed E-state index contributed by atoms with van der Waals surface area (Å²) in [7, 11) is 0. The quantitative estimate of drug-likeness (QED) is 0.701. The molecule has 0 saturated heterocycles. The fraction of sp³-hybridized carbons (Fsp3) is 0.167. The number of thioether (sulfide) groups is 1. The highest BCUT2D eigenvalue weighted by Crippen LogP contribution is 2.21. The average Bonchev–Trinajstić information content (AvgIpc) is 2.07. The Kier molecular flexibility index (Phi) is 3.32. The fourth-order valence-corrected chi connectivity index (χ4v) is 1.52. The Hall–Kier alpha value is -1.01. The molecular formula is C6H6ClN3O2S. The Morgan fingerprint density at radius 1 is 1.77 bits per heavy atom. The van der Waals surface area contributed by atoms with Gasteiger partial charge in [-0.15, -0.1) is 11.8 Å². The van der Waals surface area contributed by atoms with Crippen LogP contribution in [0.4, 0.5) is 0 Å². The van der Waals surface area contributed by atoms with Crippen LogP contribution in [0.25, 0.3) is 0 Å². The van der Waals surface area contributed by atoms with Gasteiger partial charge in [-0.1, -0.05) is 11.6 Å². The molecule has 0 aliphatic heterocycles. The third-order valence-electron chi connectivity index (χ3n) is 1.13. The lowest BCUT2D eigenvalue weighted by Crippen LogP contribution is -2.14. The molecule has 0 saturated carbocycles. The SMILES string of the molecule is NC(=O)CSc1cn[nH]c(=O)c1Cl. The Balaban J connectivity index is 2.83. The molecule has 0 radical (unpaired) electrons. The molecule has 1 amide bonds. The molecule has 7 heteroatoms. The summed E-state index contributed by atoms with van der Waals surface area (Å²) in [6, 6.07) is 0. The van der Waals surface area contributed by atoms with E-state index in [1.54, 1.807) is 0 Å². The molecule has 0 aromatic carbocycles. The number of rotatable bonds is 3. The summed E-state index contributed by atoms with van der Waals surface area (Å²) in [5, 5.41) is 5.72. The molecule has 1 aromatic heterocycles. The molecule has 1 rings (SSSR count). The lowest BCUT2D eigenvalue weighted by Gasteiger charge is -1.98. The summed E-state index contributed by atoms with van der Waals surface area (Å²) >= 11 is 6.70. The first-order chi connectivity index (χ1) is 6.11. The number of H-pyrrole nitrogens is 1. The lowest BCUT2D eigenvalue weighted by molar-refractivity contribution is -0.115. The number of halogens is 1. The van der Waals surface area contributed by atoms with Gasteiger partial charge in [-0.05, 0) is 0 Å². The number of nitrogens with zero attached hydrogens (tertiary/aromatic N) is 1. The predicted molar refractivity (Wildman–Crippen MR) is 49.8 cm³/mol. The van der Waals surface area contributed by atoms with Gasteiger partial charge in [0.1, 0.15) is 5.02 Å². The highest BCUT2D eigenvalue weighted by atomic mass is 35.5. The minimum atomic E-state index is -0.476. The smallest absolute Gasteiger partial charge is 0.284 e. The van der Waals surface area contributed by atoms with Gasteiger partial charge in [0.15, 0.2) is 0 Å². The Morgan fingerprint density at radius 3 is 3.08 bits per heavy atom. The van der Waals surface area contributed by atoms with Gasteiger partial charge in [0.2, 0.25) is 5.91 Å². The van der Waals surface area contributed by atoms with Gasteiger partial charge in [0, 0.05) is 0 Å². The fourth-order valence-electron chi connectivity index (χ4n) is 0.617. The van der Waals surface area contributed by atoms with E-state index < -0.39 is 11.5 Å². The lowest BCUT2D eigenvalue weighted by atomic mass is 10.6. The van der Waals surface area contributed by atoms with Gasteiger partial charge >= 0.3 is 0 Å². The largest absolute Gasteiger partial charge is 0.369 e. The number of hydrogen-bond donors (Lipinski definition) is 2. The zero-order valence-corrected chi connectivity index (χ0v) is 7.98. The zero-order chi connectivity index (χ0) is 9.84. The van der Waals surface area contributed by atoms with Gasteiger partial charge < -0.3 is 5.73 Å². The van der Waals surface area contributed by atoms with Crippen LogP contribution in [0.1, 0.15) is 0 Å². The maximum atomic E-state index is 10.9. The van der Waals surface area contributed by atoms with Gasteiger partial charge in [-0.3, -0.25) is 9.59 Å². The van der Waals surface area contributed by atoms with Crippen LogP contribution in [0.3, 0.4) is 0 Å². The molecule has 13 heavy (non-hydrogen) atoms. The summed E-state index contributed by atoms with van der Waals surface area (Å²) in [4.78, 5) is 21.8. The van der Waals surface area contributed by atoms with E-state index in [0.717, 1.165) is 11.8 Å². The third-order valence-corrected chi connectivity index (χ3v) is 2.67. The van der Waals surface area contributed by atoms with Crippen molar-refractivity contribution in [2.45, 2.75) is 4.90 Å². The molecule has 0 fully saturated rings. The van der Waals surface area contributed by atoms with Crippen LogP contribution in [-0.4, -0.2) is 21.9 Å². The molecule has 1 aromatic rings. The van der Waals surface area contributed by atoms with Crippen molar-refractivity contribution in [1.29, 1.82) is 0 Å². The van der Waals surface area contributed by atoms with Crippen molar-refractivity contribution in [2.75, 3.05) is 5.75 Å². The van der Waals surface area contributed by atoms with Crippen molar-refractivity contribution in [3.63, 3.8) is 0 Å². The second-order valence-corrected chi connectivity index (χ2v) is 3.53. The van der Waals surface area contributed by atoms with Crippen LogP contribution in [0.5, 0.6) is 0 Å². The monoisotopic (exact) mass is 219 g/mol. The molecular weight excluding hydrogens is 214 g/mol. The molecule has 0 aliphatic carbocycles. The Bertz CT molecular complexity index is 378. The van der Waals surface area contributed by atoms with Gasteiger partial charge in [-0.2, -0.15) is 5.10 Å². The van der Waals surface area contributed by atoms with Crippen molar-refractivity contribution in [1.82, 2.24) is 10.2 Å². The first-order valence-electron chi connectivity index (χ1n) is 3.25. The van der Waals surface area contributed by atoms with Crippen LogP contribution in [-0.2, 0) is 4.79 Å². The van der Waals surface area contributed by atoms with E-state index in [0.29, 0.717) is 4.90 Å². The molecule has 3 N–H and O–H groups in total. The summed E-state index contributed by atoms with van der Waals surface area (Å²) < 4.78 is 0. The summed E-state index contributed by atoms with van der Waals surface area (Å²) in [6.45, 7) is 0. The van der Waals surface area contributed by atoms with Crippen LogP contribution in [0.15, 0.2) is 15.9 Å². The van der Waals surface area contributed by atoms with E-state index in [-0.39, 0.29) is 10.8 Å². The highest BCUT2D eigenvalue weighted by Gasteiger charge is 2.06. The van der Waals surface area contributed by atoms with E-state index >= 15 is 0 Å². The van der Waals surface area contributed by atoms with Crippen molar-refractivity contribution in [3.05, 3.63) is 21.6 Å². The highest BCUT2D eigenvalue weighted by molar-refractivity contribution is 8.00. The molecule has 70 valence electrons. The van der Waals surface area contributed by atoms with E-state index in [4.69, 9.17) is 17.3 Å². The van der Waals surface area contributed by atoms with Crippen LogP contribution >= 0.6 is 23.4 Å². The van der Waals surface area contributed by atoms with E-state index in [9.17, 15) is 9.59 Å². The van der Waals surface area contributed by atoms with Crippen molar-refractivity contribution in [3.8, 4) is 0 Å². The van der Waals surface area contributed by atoms with Crippen LogP contribution in [0.2, 0.25) is 5.02 Å². The van der Waals surface area contributed by atoms with Crippen LogP contribution < -0.4 is 11.3 Å². The van der Waals surface area contributed by atoms with Gasteiger partial charge in [0.05, 0.1) is 16.8 Å². The first-order valence-corrected chi connectivity index (χ1v) is 4.62. The number of hydrogen-bond acceptors (Lipinski definition) is 4. The zero-order valence-electron chi connectivity index (χ0n) is 6.41. The maximum Gasteiger partial charge on any atom is 0.284 e. The molecule has 0 bridgehead atoms. The number of nitrogens with one attached hydrogen (secondary N) is 1. The maximum absolute atomic E-state index is 10.9. The second-order valence-electron chi connectivity index (χ2n) is 2.13. The van der Waals surface area contributed by atoms with E-state index in [1.165, 1.54) is 6.20 Å². The summed E-state index contributed by atoms with van der Waals surface area (Å²) in [5.41, 5.74) is 4.44. The Labute approximate surface area is 82.7 Å². The van der Waals surface area contributed by atoms with Crippen LogP contribution in [0, 0.1) is 0 Å². The summed E-state index contributed by atoms with van der Waals surface area (Å²) in [6.07, 6.45) is 1.37. The number of nitrogens with two attached hydrogens (primary N) is 1. The van der Waals surface area contributed by atoms with E-state index in [2.05, 4.69) is 10.2 Å². The number of amides is 1. The van der Waals surface area contributed by atoms with Gasteiger partial charge in [-0.25, -0.2) is 5.10 Å². The number of primary amides is 1. The molecule has 0 atom stereocenters. The summed E-state index contributed by atoms with van der Waals surface area (Å²) in [5.74, 6) is -0.397. The van der Waals surface area contributed by atoms with Crippen molar-refractivity contribution in [2.24, 2.45) is 5.73 Å². The van der Waals surface area contributed by atoms with Gasteiger partial charge in [0.25, 0.3) is 5.56 Å². The number of carbonyl (C=O) groups excluding carboxylic acids is 1. The average molecular weight is 220 g/mol. The predicted octanol–water partition coefficient (Wildman–Crippen LogP) is 0.000700. The first kappa shape index (κ1) is 10.1. The Morgan fingerprint density at radius 2 is 2.46 bits per heavy atom. The standard InChI is InChI=1S/C6H6ClN3O2S/c7-5-3(13-2-4(8)11)1-9-10-6(5)12/h1H,2H2,(H2,8,11)(H,10,12). The number of carbonyl (C=O) groups is 1. The normalized spacial score (nSPS) is 9.92. The number of aromatic nitrogens is 2. The number of aromatic amines is 1. The molecule has 0 aliphatic rings. The molecule has 1 heterocycles. The topological polar surface area (TPSA) is 88.8 Å². The molecule has 0 spiro atoms. The van der Waals surface area contributed by atoms with Crippen molar-refractivity contribution < 1.29 is 4.79 Å². The molecule has 0 unspecified atom stereocenters. The van der Waals surface area contributed by atoms with Crippen molar-refractivity contribution >= 4 is 29.3 Å². The second kappa shape index (κ2) is 4.29.